The van der Waals surface area contributed by atoms with Gasteiger partial charge in [0.25, 0.3) is 0 Å². The van der Waals surface area contributed by atoms with Crippen molar-refractivity contribution in [2.45, 2.75) is 39.0 Å². The van der Waals surface area contributed by atoms with E-state index in [-0.39, 0.29) is 0 Å². The quantitative estimate of drug-likeness (QED) is 0.861. The van der Waals surface area contributed by atoms with Gasteiger partial charge in [-0.2, -0.15) is 0 Å². The van der Waals surface area contributed by atoms with Crippen LogP contribution < -0.4 is 5.32 Å². The van der Waals surface area contributed by atoms with E-state index >= 15 is 0 Å². The first-order chi connectivity index (χ1) is 9.80. The van der Waals surface area contributed by atoms with Gasteiger partial charge in [0.2, 0.25) is 0 Å². The minimum absolute atomic E-state index is 0.463. The second-order valence-corrected chi connectivity index (χ2v) is 6.73. The van der Waals surface area contributed by atoms with Crippen LogP contribution in [0.3, 0.4) is 0 Å². The number of nitrogens with one attached hydrogen (secondary N) is 1. The standard InChI is InChI=1S/C16H20N2O2S/c1-10(2)11-6-5-7-12(8-11)17-15-18-13(9-21-15)16(3,4)14(19)20/h5-10H,1-4H3,(H,17,18)(H,19,20). The molecule has 2 aromatic rings. The SMILES string of the molecule is CC(C)c1cccc(Nc2nc(C(C)(C)C(=O)O)cs2)c1. The van der Waals surface area contributed by atoms with Gasteiger partial charge in [-0.25, -0.2) is 4.98 Å². The molecular weight excluding hydrogens is 284 g/mol. The van der Waals surface area contributed by atoms with Crippen molar-refractivity contribution in [2.24, 2.45) is 0 Å². The Balaban J connectivity index is 2.20. The molecule has 0 spiro atoms. The average molecular weight is 304 g/mol. The highest BCUT2D eigenvalue weighted by molar-refractivity contribution is 7.13. The molecule has 0 amide bonds. The van der Waals surface area contributed by atoms with E-state index in [1.54, 1.807) is 19.2 Å². The molecular formula is C16H20N2O2S. The summed E-state index contributed by atoms with van der Waals surface area (Å²) in [6.07, 6.45) is 0. The summed E-state index contributed by atoms with van der Waals surface area (Å²) < 4.78 is 0. The summed E-state index contributed by atoms with van der Waals surface area (Å²) in [7, 11) is 0. The van der Waals surface area contributed by atoms with Gasteiger partial charge in [-0.05, 0) is 37.5 Å². The molecule has 0 aliphatic carbocycles. The molecule has 5 heteroatoms. The van der Waals surface area contributed by atoms with Crippen LogP contribution in [-0.2, 0) is 10.2 Å². The normalized spacial score (nSPS) is 11.7. The molecule has 1 heterocycles. The first-order valence-electron chi connectivity index (χ1n) is 6.87. The maximum Gasteiger partial charge on any atom is 0.315 e. The molecule has 4 nitrogen and oxygen atoms in total. The molecule has 0 aliphatic heterocycles. The Morgan fingerprint density at radius 1 is 1.38 bits per heavy atom. The monoisotopic (exact) mass is 304 g/mol. The van der Waals surface area contributed by atoms with Crippen LogP contribution in [0.25, 0.3) is 0 Å². The van der Waals surface area contributed by atoms with E-state index in [1.165, 1.54) is 16.9 Å². The van der Waals surface area contributed by atoms with Crippen LogP contribution in [0.2, 0.25) is 0 Å². The van der Waals surface area contributed by atoms with Crippen molar-refractivity contribution < 1.29 is 9.90 Å². The maximum atomic E-state index is 11.3. The molecule has 112 valence electrons. The molecule has 0 atom stereocenters. The Kier molecular flexibility index (Phi) is 4.32. The number of hydrogen-bond acceptors (Lipinski definition) is 4. The number of carboxylic acid groups (broad SMARTS) is 1. The fraction of sp³-hybridized carbons (Fsp3) is 0.375. The molecule has 2 N–H and O–H groups in total. The van der Waals surface area contributed by atoms with Gasteiger partial charge in [-0.3, -0.25) is 4.79 Å². The van der Waals surface area contributed by atoms with Crippen LogP contribution in [0.1, 0.15) is 44.9 Å². The van der Waals surface area contributed by atoms with Crippen LogP contribution >= 0.6 is 11.3 Å². The van der Waals surface area contributed by atoms with E-state index < -0.39 is 11.4 Å². The van der Waals surface area contributed by atoms with Crippen molar-refractivity contribution in [1.29, 1.82) is 0 Å². The van der Waals surface area contributed by atoms with Crippen LogP contribution in [0, 0.1) is 0 Å². The molecule has 0 unspecified atom stereocenters. The van der Waals surface area contributed by atoms with E-state index in [4.69, 9.17) is 0 Å². The average Bonchev–Trinajstić information content (AvgIpc) is 2.88. The van der Waals surface area contributed by atoms with Crippen molar-refractivity contribution >= 4 is 28.1 Å². The minimum atomic E-state index is -0.976. The Hall–Kier alpha value is -1.88. The number of aliphatic carboxylic acids is 1. The summed E-state index contributed by atoms with van der Waals surface area (Å²) in [6.45, 7) is 7.62. The number of aromatic nitrogens is 1. The zero-order valence-corrected chi connectivity index (χ0v) is 13.5. The van der Waals surface area contributed by atoms with Crippen molar-refractivity contribution in [3.8, 4) is 0 Å². The third-order valence-electron chi connectivity index (χ3n) is 3.48. The molecule has 21 heavy (non-hydrogen) atoms. The predicted octanol–water partition coefficient (Wildman–Crippen LogP) is 4.37. The highest BCUT2D eigenvalue weighted by Crippen LogP contribution is 2.29. The van der Waals surface area contributed by atoms with Gasteiger partial charge in [0, 0.05) is 11.1 Å². The van der Waals surface area contributed by atoms with Gasteiger partial charge in [-0.15, -0.1) is 11.3 Å². The number of rotatable bonds is 5. The third-order valence-corrected chi connectivity index (χ3v) is 4.24. The van der Waals surface area contributed by atoms with Gasteiger partial charge in [0.15, 0.2) is 5.13 Å². The van der Waals surface area contributed by atoms with Crippen molar-refractivity contribution in [3.63, 3.8) is 0 Å². The number of hydrogen-bond donors (Lipinski definition) is 2. The molecule has 0 radical (unpaired) electrons. The lowest BCUT2D eigenvalue weighted by atomic mass is 9.90. The second-order valence-electron chi connectivity index (χ2n) is 5.87. The number of benzene rings is 1. The molecule has 1 aromatic heterocycles. The number of thiazole rings is 1. The molecule has 0 aliphatic rings. The lowest BCUT2D eigenvalue weighted by molar-refractivity contribution is -0.142. The lowest BCUT2D eigenvalue weighted by Gasteiger charge is -2.15. The Labute approximate surface area is 128 Å². The van der Waals surface area contributed by atoms with Crippen LogP contribution in [0.4, 0.5) is 10.8 Å². The zero-order valence-electron chi connectivity index (χ0n) is 12.7. The van der Waals surface area contributed by atoms with E-state index in [2.05, 4.69) is 36.3 Å². The van der Waals surface area contributed by atoms with Crippen molar-refractivity contribution in [2.75, 3.05) is 5.32 Å². The smallest absolute Gasteiger partial charge is 0.315 e. The Morgan fingerprint density at radius 3 is 2.71 bits per heavy atom. The fourth-order valence-electron chi connectivity index (χ4n) is 1.83. The highest BCUT2D eigenvalue weighted by atomic mass is 32.1. The molecule has 0 saturated heterocycles. The summed E-state index contributed by atoms with van der Waals surface area (Å²) in [4.78, 5) is 15.7. The molecule has 2 rings (SSSR count). The van der Waals surface area contributed by atoms with Gasteiger partial charge >= 0.3 is 5.97 Å². The molecule has 0 bridgehead atoms. The minimum Gasteiger partial charge on any atom is -0.481 e. The summed E-state index contributed by atoms with van der Waals surface area (Å²) >= 11 is 1.42. The van der Waals surface area contributed by atoms with Crippen molar-refractivity contribution in [1.82, 2.24) is 4.98 Å². The lowest BCUT2D eigenvalue weighted by Crippen LogP contribution is -2.28. The van der Waals surface area contributed by atoms with E-state index in [0.717, 1.165) is 5.69 Å². The van der Waals surface area contributed by atoms with Gasteiger partial charge in [0.05, 0.1) is 5.69 Å². The van der Waals surface area contributed by atoms with Gasteiger partial charge in [0.1, 0.15) is 5.41 Å². The van der Waals surface area contributed by atoms with Gasteiger partial charge < -0.3 is 10.4 Å². The molecule has 0 saturated carbocycles. The largest absolute Gasteiger partial charge is 0.481 e. The molecule has 1 aromatic carbocycles. The van der Waals surface area contributed by atoms with Gasteiger partial charge in [-0.1, -0.05) is 26.0 Å². The van der Waals surface area contributed by atoms with Crippen molar-refractivity contribution in [3.05, 3.63) is 40.9 Å². The highest BCUT2D eigenvalue weighted by Gasteiger charge is 2.32. The number of anilines is 2. The number of carboxylic acids is 1. The van der Waals surface area contributed by atoms with Crippen LogP contribution in [-0.4, -0.2) is 16.1 Å². The topological polar surface area (TPSA) is 62.2 Å². The zero-order chi connectivity index (χ0) is 15.6. The number of carbonyl (C=O) groups is 1. The van der Waals surface area contributed by atoms with E-state index in [1.807, 2.05) is 12.1 Å². The summed E-state index contributed by atoms with van der Waals surface area (Å²) in [5.74, 6) is -0.411. The molecule has 0 fully saturated rings. The van der Waals surface area contributed by atoms with Crippen LogP contribution in [0.15, 0.2) is 29.6 Å². The number of nitrogens with zero attached hydrogens (tertiary/aromatic N) is 1. The van der Waals surface area contributed by atoms with E-state index in [9.17, 15) is 9.90 Å². The predicted molar refractivity (Wildman–Crippen MR) is 86.6 cm³/mol. The Bertz CT molecular complexity index is 647. The summed E-state index contributed by atoms with van der Waals surface area (Å²) in [6, 6.07) is 8.17. The summed E-state index contributed by atoms with van der Waals surface area (Å²) in [5.41, 5.74) is 1.82. The Morgan fingerprint density at radius 2 is 2.10 bits per heavy atom. The first kappa shape index (κ1) is 15.5. The maximum absolute atomic E-state index is 11.3. The van der Waals surface area contributed by atoms with E-state index in [0.29, 0.717) is 16.7 Å². The first-order valence-corrected chi connectivity index (χ1v) is 7.75. The fourth-order valence-corrected chi connectivity index (χ4v) is 2.73. The third kappa shape index (κ3) is 3.42. The summed E-state index contributed by atoms with van der Waals surface area (Å²) in [5, 5.41) is 15.0. The second kappa shape index (κ2) is 5.85. The van der Waals surface area contributed by atoms with Crippen LogP contribution in [0.5, 0.6) is 0 Å².